The number of nitrogens with one attached hydrogen (secondary N) is 2. The first-order chi connectivity index (χ1) is 12.2. The first kappa shape index (κ1) is 25.1. The molecule has 0 amide bonds. The van der Waals surface area contributed by atoms with Crippen LogP contribution < -0.4 is 10.6 Å². The molecule has 2 N–H and O–H groups in total. The van der Waals surface area contributed by atoms with Gasteiger partial charge in [0.25, 0.3) is 0 Å². The van der Waals surface area contributed by atoms with E-state index in [9.17, 15) is 0 Å². The summed E-state index contributed by atoms with van der Waals surface area (Å²) in [5, 5.41) is 14.8. The SMILES string of the molecule is CCCCC(CC)CN=C(NCCOC)NCCn1cnnc1CC.I. The van der Waals surface area contributed by atoms with Crippen molar-refractivity contribution in [1.82, 2.24) is 25.4 Å². The third-order valence-corrected chi connectivity index (χ3v) is 4.31. The Hall–Kier alpha value is -0.900. The first-order valence-electron chi connectivity index (χ1n) is 9.62. The van der Waals surface area contributed by atoms with Crippen LogP contribution in [0.1, 0.15) is 52.3 Å². The summed E-state index contributed by atoms with van der Waals surface area (Å²) >= 11 is 0. The molecule has 0 saturated heterocycles. The summed E-state index contributed by atoms with van der Waals surface area (Å²) in [6.07, 6.45) is 7.63. The average Bonchev–Trinajstić information content (AvgIpc) is 3.09. The Morgan fingerprint density at radius 1 is 1.27 bits per heavy atom. The highest BCUT2D eigenvalue weighted by atomic mass is 127. The van der Waals surface area contributed by atoms with E-state index < -0.39 is 0 Å². The molecule has 152 valence electrons. The number of halogens is 1. The molecule has 0 aliphatic rings. The van der Waals surface area contributed by atoms with E-state index in [1.54, 1.807) is 13.4 Å². The van der Waals surface area contributed by atoms with Crippen LogP contribution in [-0.4, -0.2) is 54.1 Å². The van der Waals surface area contributed by atoms with E-state index >= 15 is 0 Å². The van der Waals surface area contributed by atoms with Crippen molar-refractivity contribution in [2.24, 2.45) is 10.9 Å². The number of aliphatic imine (C=N–C) groups is 1. The highest BCUT2D eigenvalue weighted by Gasteiger charge is 2.07. The van der Waals surface area contributed by atoms with Gasteiger partial charge in [0.15, 0.2) is 5.96 Å². The minimum Gasteiger partial charge on any atom is -0.383 e. The summed E-state index contributed by atoms with van der Waals surface area (Å²) in [5.41, 5.74) is 0. The van der Waals surface area contributed by atoms with Crippen LogP contribution in [0.15, 0.2) is 11.3 Å². The van der Waals surface area contributed by atoms with Gasteiger partial charge in [-0.3, -0.25) is 4.99 Å². The number of hydrogen-bond acceptors (Lipinski definition) is 4. The van der Waals surface area contributed by atoms with Gasteiger partial charge in [-0.1, -0.05) is 40.0 Å². The molecule has 0 spiro atoms. The zero-order valence-corrected chi connectivity index (χ0v) is 19.2. The topological polar surface area (TPSA) is 76.4 Å². The van der Waals surface area contributed by atoms with Gasteiger partial charge in [0, 0.05) is 39.7 Å². The second-order valence-electron chi connectivity index (χ2n) is 6.25. The summed E-state index contributed by atoms with van der Waals surface area (Å²) in [6, 6.07) is 0. The zero-order valence-electron chi connectivity index (χ0n) is 16.8. The Balaban J connectivity index is 0.00000625. The smallest absolute Gasteiger partial charge is 0.191 e. The summed E-state index contributed by atoms with van der Waals surface area (Å²) in [5.74, 6) is 2.53. The number of nitrogens with zero attached hydrogens (tertiary/aromatic N) is 4. The van der Waals surface area contributed by atoms with Gasteiger partial charge in [-0.2, -0.15) is 0 Å². The van der Waals surface area contributed by atoms with Crippen molar-refractivity contribution in [3.8, 4) is 0 Å². The maximum atomic E-state index is 5.12. The predicted molar refractivity (Wildman–Crippen MR) is 118 cm³/mol. The van der Waals surface area contributed by atoms with Gasteiger partial charge in [-0.25, -0.2) is 0 Å². The Kier molecular flexibility index (Phi) is 15.7. The largest absolute Gasteiger partial charge is 0.383 e. The highest BCUT2D eigenvalue weighted by molar-refractivity contribution is 14.0. The Morgan fingerprint density at radius 3 is 2.69 bits per heavy atom. The lowest BCUT2D eigenvalue weighted by Crippen LogP contribution is -2.40. The van der Waals surface area contributed by atoms with E-state index in [1.165, 1.54) is 25.7 Å². The fraction of sp³-hybridized carbons (Fsp3) is 0.833. The monoisotopic (exact) mass is 480 g/mol. The molecular formula is C18H37IN6O. The number of ether oxygens (including phenoxy) is 1. The van der Waals surface area contributed by atoms with Crippen molar-refractivity contribution in [3.63, 3.8) is 0 Å². The molecule has 26 heavy (non-hydrogen) atoms. The molecule has 1 unspecified atom stereocenters. The lowest BCUT2D eigenvalue weighted by Gasteiger charge is -2.16. The highest BCUT2D eigenvalue weighted by Crippen LogP contribution is 2.12. The van der Waals surface area contributed by atoms with E-state index in [2.05, 4.69) is 46.2 Å². The van der Waals surface area contributed by atoms with Crippen molar-refractivity contribution in [2.45, 2.75) is 59.4 Å². The van der Waals surface area contributed by atoms with Crippen molar-refractivity contribution < 1.29 is 4.74 Å². The first-order valence-corrected chi connectivity index (χ1v) is 9.62. The van der Waals surface area contributed by atoms with Crippen molar-refractivity contribution >= 4 is 29.9 Å². The van der Waals surface area contributed by atoms with Crippen LogP contribution in [0.4, 0.5) is 0 Å². The number of aryl methyl sites for hydroxylation is 1. The molecule has 0 bridgehead atoms. The fourth-order valence-corrected chi connectivity index (χ4v) is 2.62. The number of rotatable bonds is 13. The van der Waals surface area contributed by atoms with Crippen molar-refractivity contribution in [2.75, 3.05) is 33.4 Å². The lowest BCUT2D eigenvalue weighted by molar-refractivity contribution is 0.203. The van der Waals surface area contributed by atoms with Crippen LogP contribution in [0.25, 0.3) is 0 Å². The van der Waals surface area contributed by atoms with Gasteiger partial charge >= 0.3 is 0 Å². The third kappa shape index (κ3) is 10.3. The van der Waals surface area contributed by atoms with E-state index in [-0.39, 0.29) is 24.0 Å². The maximum Gasteiger partial charge on any atom is 0.191 e. The van der Waals surface area contributed by atoms with Gasteiger partial charge in [0.2, 0.25) is 0 Å². The van der Waals surface area contributed by atoms with Crippen LogP contribution in [-0.2, 0) is 17.7 Å². The normalized spacial score (nSPS) is 12.5. The Bertz CT molecular complexity index is 480. The molecule has 1 aromatic rings. The third-order valence-electron chi connectivity index (χ3n) is 4.31. The van der Waals surface area contributed by atoms with Crippen LogP contribution in [0, 0.1) is 5.92 Å². The maximum absolute atomic E-state index is 5.12. The average molecular weight is 480 g/mol. The van der Waals surface area contributed by atoms with Gasteiger partial charge in [-0.05, 0) is 12.3 Å². The molecule has 7 nitrogen and oxygen atoms in total. The number of guanidine groups is 1. The fourth-order valence-electron chi connectivity index (χ4n) is 2.62. The molecule has 8 heteroatoms. The molecular weight excluding hydrogens is 443 g/mol. The van der Waals surface area contributed by atoms with Crippen LogP contribution >= 0.6 is 24.0 Å². The molecule has 1 atom stereocenters. The van der Waals surface area contributed by atoms with Gasteiger partial charge in [0.05, 0.1) is 6.61 Å². The van der Waals surface area contributed by atoms with E-state index in [1.807, 2.05) is 0 Å². The van der Waals surface area contributed by atoms with Crippen LogP contribution in [0.2, 0.25) is 0 Å². The standard InChI is InChI=1S/C18H36N6O.HI/c1-5-8-9-16(6-2)14-21-18(20-11-13-25-4)19-10-12-24-15-22-23-17(24)7-3;/h15-16H,5-14H2,1-4H3,(H2,19,20,21);1H. The molecule has 0 fully saturated rings. The molecule has 0 aliphatic carbocycles. The van der Waals surface area contributed by atoms with Crippen molar-refractivity contribution in [3.05, 3.63) is 12.2 Å². The predicted octanol–water partition coefficient (Wildman–Crippen LogP) is 2.86. The van der Waals surface area contributed by atoms with Gasteiger partial charge in [-0.15, -0.1) is 34.2 Å². The Morgan fingerprint density at radius 2 is 2.04 bits per heavy atom. The minimum atomic E-state index is 0. The van der Waals surface area contributed by atoms with Crippen molar-refractivity contribution in [1.29, 1.82) is 0 Å². The number of hydrogen-bond donors (Lipinski definition) is 2. The minimum absolute atomic E-state index is 0. The van der Waals surface area contributed by atoms with Gasteiger partial charge < -0.3 is 19.9 Å². The van der Waals surface area contributed by atoms with Crippen LogP contribution in [0.3, 0.4) is 0 Å². The molecule has 1 rings (SSSR count). The molecule has 0 saturated carbocycles. The summed E-state index contributed by atoms with van der Waals surface area (Å²) in [7, 11) is 1.71. The number of methoxy groups -OCH3 is 1. The van der Waals surface area contributed by atoms with E-state index in [4.69, 9.17) is 9.73 Å². The van der Waals surface area contributed by atoms with E-state index in [0.717, 1.165) is 44.4 Å². The second-order valence-corrected chi connectivity index (χ2v) is 6.25. The van der Waals surface area contributed by atoms with Gasteiger partial charge in [0.1, 0.15) is 12.2 Å². The quantitative estimate of drug-likeness (QED) is 0.197. The summed E-state index contributed by atoms with van der Waals surface area (Å²) in [6.45, 7) is 10.5. The molecule has 0 aromatic carbocycles. The zero-order chi connectivity index (χ0) is 18.3. The van der Waals surface area contributed by atoms with Crippen LogP contribution in [0.5, 0.6) is 0 Å². The molecule has 0 aliphatic heterocycles. The Labute approximate surface area is 175 Å². The number of aromatic nitrogens is 3. The second kappa shape index (κ2) is 16.3. The summed E-state index contributed by atoms with van der Waals surface area (Å²) < 4.78 is 7.20. The lowest BCUT2D eigenvalue weighted by atomic mass is 10.00. The molecule has 1 heterocycles. The molecule has 0 radical (unpaired) electrons. The number of unbranched alkanes of at least 4 members (excludes halogenated alkanes) is 1. The van der Waals surface area contributed by atoms with E-state index in [0.29, 0.717) is 12.5 Å². The molecule has 1 aromatic heterocycles. The summed E-state index contributed by atoms with van der Waals surface area (Å²) in [4.78, 5) is 4.78.